The first-order valence-corrected chi connectivity index (χ1v) is 13.7. The molecule has 0 N–H and O–H groups in total. The summed E-state index contributed by atoms with van der Waals surface area (Å²) in [5.41, 5.74) is 1.19. The van der Waals surface area contributed by atoms with E-state index < -0.39 is 33.5 Å². The van der Waals surface area contributed by atoms with Gasteiger partial charge >= 0.3 is 12.1 Å². The molecule has 3 aromatic rings. The second-order valence-electron chi connectivity index (χ2n) is 9.61. The van der Waals surface area contributed by atoms with E-state index in [9.17, 15) is 19.2 Å². The van der Waals surface area contributed by atoms with Gasteiger partial charge in [-0.05, 0) is 85.2 Å². The van der Waals surface area contributed by atoms with Crippen LogP contribution in [-0.4, -0.2) is 43.5 Å². The summed E-state index contributed by atoms with van der Waals surface area (Å²) < 4.78 is 9.30. The van der Waals surface area contributed by atoms with E-state index in [1.165, 1.54) is 0 Å². The summed E-state index contributed by atoms with van der Waals surface area (Å²) in [5, 5.41) is 1.71. The Labute approximate surface area is 242 Å². The predicted octanol–water partition coefficient (Wildman–Crippen LogP) is 6.19. The number of carbonyl (C=O) groups is 4. The van der Waals surface area contributed by atoms with Crippen LogP contribution in [0.4, 0.5) is 4.79 Å². The van der Waals surface area contributed by atoms with Gasteiger partial charge in [-0.1, -0.05) is 67.6 Å². The van der Waals surface area contributed by atoms with Gasteiger partial charge < -0.3 is 9.47 Å². The van der Waals surface area contributed by atoms with Crippen molar-refractivity contribution in [1.29, 1.82) is 0 Å². The van der Waals surface area contributed by atoms with Crippen LogP contribution < -0.4 is 0 Å². The molecule has 3 rings (SSSR count). The maximum Gasteiger partial charge on any atom is 0.438 e. The summed E-state index contributed by atoms with van der Waals surface area (Å²) >= 11 is 1.62. The molecular weight excluding hydrogens is 611 g/mol. The highest BCUT2D eigenvalue weighted by atomic mass is 127. The number of aryl methyl sites for hydroxylation is 1. The minimum absolute atomic E-state index is 0.0102. The molecule has 3 aromatic carbocycles. The summed E-state index contributed by atoms with van der Waals surface area (Å²) in [4.78, 5) is 53.7. The van der Waals surface area contributed by atoms with Gasteiger partial charge in [-0.3, -0.25) is 9.59 Å². The van der Waals surface area contributed by atoms with E-state index >= 15 is 0 Å². The van der Waals surface area contributed by atoms with Crippen LogP contribution in [0.15, 0.2) is 84.9 Å². The lowest BCUT2D eigenvalue weighted by Crippen LogP contribution is -2.60. The van der Waals surface area contributed by atoms with E-state index in [1.54, 1.807) is 110 Å². The van der Waals surface area contributed by atoms with Crippen molar-refractivity contribution in [3.63, 3.8) is 0 Å². The number of carbonyl (C=O) groups excluding carboxylic acids is 4. The molecule has 3 amide bonds. The van der Waals surface area contributed by atoms with Gasteiger partial charge in [0.15, 0.2) is 0 Å². The third-order valence-corrected chi connectivity index (χ3v) is 6.40. The van der Waals surface area contributed by atoms with Gasteiger partial charge in [-0.25, -0.2) is 14.6 Å². The van der Waals surface area contributed by atoms with Gasteiger partial charge in [0.1, 0.15) is 6.61 Å². The molecule has 0 radical (unpaired) electrons. The molecule has 0 heterocycles. The molecule has 0 bridgehead atoms. The van der Waals surface area contributed by atoms with Crippen LogP contribution in [0.1, 0.15) is 59.5 Å². The van der Waals surface area contributed by atoms with Crippen molar-refractivity contribution in [1.82, 2.24) is 10.0 Å². The van der Waals surface area contributed by atoms with Gasteiger partial charge in [0.2, 0.25) is 4.11 Å². The molecule has 0 aliphatic heterocycles. The monoisotopic (exact) mass is 642 g/mol. The van der Waals surface area contributed by atoms with Crippen molar-refractivity contribution < 1.29 is 28.7 Å². The number of imide groups is 1. The molecule has 1 atom stereocenters. The standard InChI is InChI=1S/C30H31IN2O6/c1-5-21-16-18-24(19-17-21)26(34)32(33(30(2,3)4)27(35)23-14-10-7-11-15-23)29(37)39-25(31)28(36)38-20-22-12-8-6-9-13-22/h6-19,25H,5,20H2,1-4H3. The van der Waals surface area contributed by atoms with Crippen LogP contribution in [0, 0.1) is 0 Å². The van der Waals surface area contributed by atoms with E-state index in [0.717, 1.165) is 22.6 Å². The summed E-state index contributed by atoms with van der Waals surface area (Å²) in [6.45, 7) is 7.05. The number of nitrogens with zero attached hydrogens (tertiary/aromatic N) is 2. The molecule has 8 nitrogen and oxygen atoms in total. The highest BCUT2D eigenvalue weighted by Gasteiger charge is 2.42. The average molecular weight is 642 g/mol. The van der Waals surface area contributed by atoms with Crippen molar-refractivity contribution in [2.24, 2.45) is 0 Å². The van der Waals surface area contributed by atoms with E-state index in [1.807, 2.05) is 25.1 Å². The first kappa shape index (κ1) is 29.8. The second kappa shape index (κ2) is 13.4. The highest BCUT2D eigenvalue weighted by molar-refractivity contribution is 14.1. The molecule has 0 spiro atoms. The van der Waals surface area contributed by atoms with Crippen LogP contribution in [0.3, 0.4) is 0 Å². The maximum absolute atomic E-state index is 13.8. The molecule has 0 fully saturated rings. The fourth-order valence-electron chi connectivity index (χ4n) is 3.64. The Bertz CT molecular complexity index is 1290. The number of halogens is 1. The normalized spacial score (nSPS) is 11.7. The lowest BCUT2D eigenvalue weighted by Gasteiger charge is -2.41. The fourth-order valence-corrected chi connectivity index (χ4v) is 4.04. The number of hydrogen-bond donors (Lipinski definition) is 0. The van der Waals surface area contributed by atoms with E-state index in [-0.39, 0.29) is 17.7 Å². The second-order valence-corrected chi connectivity index (χ2v) is 10.7. The van der Waals surface area contributed by atoms with Crippen LogP contribution in [0.5, 0.6) is 0 Å². The fraction of sp³-hybridized carbons (Fsp3) is 0.267. The Kier molecular flexibility index (Phi) is 10.2. The minimum atomic E-state index is -1.37. The van der Waals surface area contributed by atoms with E-state index in [4.69, 9.17) is 9.47 Å². The molecule has 1 unspecified atom stereocenters. The van der Waals surface area contributed by atoms with Crippen molar-refractivity contribution >= 4 is 46.5 Å². The number of hydrogen-bond acceptors (Lipinski definition) is 6. The first-order chi connectivity index (χ1) is 18.5. The molecular formula is C30H31IN2O6. The number of amides is 3. The largest absolute Gasteiger partial charge is 0.457 e. The Hall–Kier alpha value is -3.73. The van der Waals surface area contributed by atoms with E-state index in [0.29, 0.717) is 5.01 Å². The SMILES string of the molecule is CCc1ccc(C(=O)N(C(=O)OC(I)C(=O)OCc2ccccc2)N(C(=O)c2ccccc2)C(C)(C)C)cc1. The van der Waals surface area contributed by atoms with Crippen LogP contribution in [-0.2, 0) is 27.3 Å². The molecule has 0 aliphatic carbocycles. The van der Waals surface area contributed by atoms with Crippen molar-refractivity contribution in [3.05, 3.63) is 107 Å². The Balaban J connectivity index is 1.93. The van der Waals surface area contributed by atoms with Gasteiger partial charge in [-0.2, -0.15) is 0 Å². The molecule has 0 saturated carbocycles. The number of benzene rings is 3. The average Bonchev–Trinajstić information content (AvgIpc) is 2.94. The van der Waals surface area contributed by atoms with Crippen molar-refractivity contribution in [2.75, 3.05) is 0 Å². The quantitative estimate of drug-likeness (QED) is 0.132. The van der Waals surface area contributed by atoms with Gasteiger partial charge in [0.05, 0.1) is 5.54 Å². The summed E-state index contributed by atoms with van der Waals surface area (Å²) in [6, 6.07) is 24.1. The molecule has 0 aliphatic rings. The zero-order valence-corrected chi connectivity index (χ0v) is 24.5. The zero-order chi connectivity index (χ0) is 28.6. The maximum atomic E-state index is 13.8. The Morgan fingerprint density at radius 2 is 1.31 bits per heavy atom. The van der Waals surface area contributed by atoms with Gasteiger partial charge in [-0.15, -0.1) is 5.01 Å². The molecule has 0 aromatic heterocycles. The van der Waals surface area contributed by atoms with E-state index in [2.05, 4.69) is 0 Å². The smallest absolute Gasteiger partial charge is 0.438 e. The topological polar surface area (TPSA) is 93.2 Å². The molecule has 204 valence electrons. The predicted molar refractivity (Wildman–Crippen MR) is 155 cm³/mol. The summed E-state index contributed by atoms with van der Waals surface area (Å²) in [7, 11) is 0. The number of alkyl halides is 1. The van der Waals surface area contributed by atoms with Crippen molar-refractivity contribution in [3.8, 4) is 0 Å². The third kappa shape index (κ3) is 7.89. The number of ether oxygens (including phenoxy) is 2. The molecule has 9 heteroatoms. The van der Waals surface area contributed by atoms with Gasteiger partial charge in [0.25, 0.3) is 11.8 Å². The lowest BCUT2D eigenvalue weighted by molar-refractivity contribution is -0.150. The molecule has 39 heavy (non-hydrogen) atoms. The number of hydrazine groups is 1. The third-order valence-electron chi connectivity index (χ3n) is 5.64. The summed E-state index contributed by atoms with van der Waals surface area (Å²) in [6.07, 6.45) is -0.419. The van der Waals surface area contributed by atoms with Crippen LogP contribution in [0.2, 0.25) is 0 Å². The number of rotatable bonds is 7. The first-order valence-electron chi connectivity index (χ1n) is 12.4. The van der Waals surface area contributed by atoms with Gasteiger partial charge in [0, 0.05) is 11.1 Å². The molecule has 0 saturated heterocycles. The zero-order valence-electron chi connectivity index (χ0n) is 22.3. The van der Waals surface area contributed by atoms with Crippen LogP contribution in [0.25, 0.3) is 0 Å². The Morgan fingerprint density at radius 3 is 1.85 bits per heavy atom. The number of esters is 1. The van der Waals surface area contributed by atoms with Crippen LogP contribution >= 0.6 is 22.6 Å². The summed E-state index contributed by atoms with van der Waals surface area (Å²) in [5.74, 6) is -2.16. The Morgan fingerprint density at radius 1 is 0.769 bits per heavy atom. The minimum Gasteiger partial charge on any atom is -0.457 e. The highest BCUT2D eigenvalue weighted by Crippen LogP contribution is 2.25. The van der Waals surface area contributed by atoms with Crippen molar-refractivity contribution in [2.45, 2.75) is 50.4 Å². The lowest BCUT2D eigenvalue weighted by atomic mass is 10.1.